The van der Waals surface area contributed by atoms with Crippen LogP contribution in [-0.4, -0.2) is 0 Å². The maximum atomic E-state index is 2.41. The quantitative estimate of drug-likeness (QED) is 0.202. The molecule has 0 atom stereocenters. The average Bonchev–Trinajstić information content (AvgIpc) is 2.87. The van der Waals surface area contributed by atoms with E-state index in [-0.39, 0.29) is 0 Å². The van der Waals surface area contributed by atoms with Crippen molar-refractivity contribution >= 4 is 66.6 Å². The van der Waals surface area contributed by atoms with E-state index >= 15 is 0 Å². The van der Waals surface area contributed by atoms with Gasteiger partial charge in [-0.1, -0.05) is 72.8 Å². The number of hydrogen-bond acceptors (Lipinski definition) is 2. The third kappa shape index (κ3) is 3.48. The van der Waals surface area contributed by atoms with E-state index < -0.39 is 0 Å². The number of rotatable bonds is 0. The molecule has 4 aliphatic heterocycles. The fourth-order valence-electron chi connectivity index (χ4n) is 5.41. The van der Waals surface area contributed by atoms with Crippen molar-refractivity contribution in [3.8, 4) is 0 Å². The molecule has 4 heterocycles. The molecule has 0 aliphatic carbocycles. The first-order valence-electron chi connectivity index (χ1n) is 11.9. The second kappa shape index (κ2) is 8.37. The van der Waals surface area contributed by atoms with Gasteiger partial charge in [0, 0.05) is 23.0 Å². The van der Waals surface area contributed by atoms with Crippen molar-refractivity contribution in [2.75, 3.05) is 0 Å². The maximum absolute atomic E-state index is 2.41. The first kappa shape index (κ1) is 20.4. The van der Waals surface area contributed by atoms with Gasteiger partial charge in [-0.3, -0.25) is 0 Å². The molecule has 6 aromatic carbocycles. The van der Waals surface area contributed by atoms with E-state index in [0.717, 1.165) is 23.0 Å². The lowest BCUT2D eigenvalue weighted by Crippen LogP contribution is -1.92. The van der Waals surface area contributed by atoms with Gasteiger partial charge in [-0.15, -0.1) is 0 Å². The number of thioether (sulfide) groups is 2. The Morgan fingerprint density at radius 1 is 0.353 bits per heavy atom. The Morgan fingerprint density at radius 3 is 0.882 bits per heavy atom. The van der Waals surface area contributed by atoms with Gasteiger partial charge < -0.3 is 0 Å². The van der Waals surface area contributed by atoms with Crippen LogP contribution in [0.5, 0.6) is 0 Å². The smallest absolute Gasteiger partial charge is 0.0194 e. The highest BCUT2D eigenvalue weighted by Crippen LogP contribution is 2.35. The lowest BCUT2D eigenvalue weighted by atomic mass is 9.98. The van der Waals surface area contributed by atoms with E-state index in [4.69, 9.17) is 0 Å². The van der Waals surface area contributed by atoms with Crippen molar-refractivity contribution in [2.45, 2.75) is 23.0 Å². The van der Waals surface area contributed by atoms with E-state index in [2.05, 4.69) is 97.1 Å². The third-order valence-corrected chi connectivity index (χ3v) is 9.21. The van der Waals surface area contributed by atoms with E-state index in [1.165, 1.54) is 65.3 Å². The van der Waals surface area contributed by atoms with Crippen LogP contribution in [-0.2, 0) is 23.0 Å². The summed E-state index contributed by atoms with van der Waals surface area (Å²) in [6.45, 7) is 0. The number of benzene rings is 6. The minimum absolute atomic E-state index is 1.02. The summed E-state index contributed by atoms with van der Waals surface area (Å²) in [6, 6.07) is 36.8. The van der Waals surface area contributed by atoms with Crippen LogP contribution in [0.25, 0.3) is 43.1 Å². The third-order valence-electron chi connectivity index (χ3n) is 7.15. The molecule has 164 valence electrons. The molecule has 10 rings (SSSR count). The molecular weight excluding hydrogens is 448 g/mol. The van der Waals surface area contributed by atoms with Crippen LogP contribution in [0.15, 0.2) is 97.1 Å². The maximum Gasteiger partial charge on any atom is 0.0194 e. The Balaban J connectivity index is 1.42. The van der Waals surface area contributed by atoms with Gasteiger partial charge in [0.25, 0.3) is 0 Å². The van der Waals surface area contributed by atoms with E-state index in [1.807, 2.05) is 23.5 Å². The Kier molecular flexibility index (Phi) is 5.03. The minimum atomic E-state index is 1.02. The van der Waals surface area contributed by atoms with Crippen LogP contribution in [0, 0.1) is 0 Å². The van der Waals surface area contributed by atoms with Crippen LogP contribution in [0.2, 0.25) is 0 Å². The molecule has 12 bridgehead atoms. The minimum Gasteiger partial charge on any atom is -0.152 e. The normalized spacial score (nSPS) is 14.4. The van der Waals surface area contributed by atoms with Gasteiger partial charge in [0.1, 0.15) is 0 Å². The summed E-state index contributed by atoms with van der Waals surface area (Å²) in [5.41, 5.74) is 5.72. The molecule has 0 nitrogen and oxygen atoms in total. The molecule has 0 saturated heterocycles. The Labute approximate surface area is 208 Å². The van der Waals surface area contributed by atoms with Crippen LogP contribution < -0.4 is 0 Å². The van der Waals surface area contributed by atoms with Crippen LogP contribution in [0.1, 0.15) is 22.3 Å². The monoisotopic (exact) mass is 472 g/mol. The zero-order valence-corrected chi connectivity index (χ0v) is 20.5. The van der Waals surface area contributed by atoms with Crippen molar-refractivity contribution in [2.24, 2.45) is 0 Å². The first-order chi connectivity index (χ1) is 16.8. The van der Waals surface area contributed by atoms with E-state index in [1.54, 1.807) is 0 Å². The molecular formula is C32H24S2. The molecule has 4 aliphatic rings. The van der Waals surface area contributed by atoms with Crippen LogP contribution >= 0.6 is 23.5 Å². The summed E-state index contributed by atoms with van der Waals surface area (Å²) in [5, 5.41) is 11.0. The molecule has 0 aromatic heterocycles. The van der Waals surface area contributed by atoms with E-state index in [9.17, 15) is 0 Å². The molecule has 0 fully saturated rings. The largest absolute Gasteiger partial charge is 0.152 e. The molecule has 2 heteroatoms. The predicted octanol–water partition coefficient (Wildman–Crippen LogP) is 9.48. The van der Waals surface area contributed by atoms with Gasteiger partial charge in [-0.2, -0.15) is 23.5 Å². The lowest BCUT2D eigenvalue weighted by Gasteiger charge is -2.14. The van der Waals surface area contributed by atoms with Gasteiger partial charge in [-0.05, 0) is 89.6 Å². The molecule has 0 amide bonds. The summed E-state index contributed by atoms with van der Waals surface area (Å²) >= 11 is 4.04. The van der Waals surface area contributed by atoms with Gasteiger partial charge >= 0.3 is 0 Å². The highest BCUT2D eigenvalue weighted by atomic mass is 32.2. The molecule has 0 unspecified atom stereocenters. The molecule has 6 aromatic rings. The highest BCUT2D eigenvalue weighted by Gasteiger charge is 2.11. The van der Waals surface area contributed by atoms with E-state index in [0.29, 0.717) is 0 Å². The number of hydrogen-bond donors (Lipinski definition) is 0. The van der Waals surface area contributed by atoms with Gasteiger partial charge in [0.2, 0.25) is 0 Å². The standard InChI is InChI=1S/C32H24S2/c1-5-21-13-30-22-6-2-10-26(30)19-34-20-28-12-4-8-24-15-31-23(16-32(24)28)7-3-11-27(31)18-33-17-25(9-1)29(21)14-22/h1-16H,17-20H2. The molecule has 0 N–H and O–H groups in total. The SMILES string of the molecule is c1cc2c3cc4cccc(c4cc3c1)CSCc1cccc3cc4c(cccc4cc13)CSC2. The zero-order valence-electron chi connectivity index (χ0n) is 18.9. The molecule has 0 saturated carbocycles. The van der Waals surface area contributed by atoms with Crippen LogP contribution in [0.4, 0.5) is 0 Å². The lowest BCUT2D eigenvalue weighted by molar-refractivity contribution is 1.40. The predicted molar refractivity (Wildman–Crippen MR) is 153 cm³/mol. The van der Waals surface area contributed by atoms with Crippen LogP contribution in [0.3, 0.4) is 0 Å². The fraction of sp³-hybridized carbons (Fsp3) is 0.125. The summed E-state index contributed by atoms with van der Waals surface area (Å²) < 4.78 is 0. The summed E-state index contributed by atoms with van der Waals surface area (Å²) in [5.74, 6) is 4.08. The summed E-state index contributed by atoms with van der Waals surface area (Å²) in [6.07, 6.45) is 0. The summed E-state index contributed by atoms with van der Waals surface area (Å²) in [4.78, 5) is 0. The van der Waals surface area contributed by atoms with Crippen molar-refractivity contribution in [1.82, 2.24) is 0 Å². The first-order valence-corrected chi connectivity index (χ1v) is 14.2. The zero-order chi connectivity index (χ0) is 22.5. The van der Waals surface area contributed by atoms with Gasteiger partial charge in [0.15, 0.2) is 0 Å². The topological polar surface area (TPSA) is 0 Å². The van der Waals surface area contributed by atoms with Gasteiger partial charge in [-0.25, -0.2) is 0 Å². The summed E-state index contributed by atoms with van der Waals surface area (Å²) in [7, 11) is 0. The molecule has 34 heavy (non-hydrogen) atoms. The van der Waals surface area contributed by atoms with Crippen molar-refractivity contribution in [3.05, 3.63) is 119 Å². The second-order valence-electron chi connectivity index (χ2n) is 9.24. The van der Waals surface area contributed by atoms with Crippen molar-refractivity contribution < 1.29 is 0 Å². The average molecular weight is 473 g/mol. The Morgan fingerprint density at radius 2 is 0.618 bits per heavy atom. The highest BCUT2D eigenvalue weighted by molar-refractivity contribution is 7.98. The fourth-order valence-corrected chi connectivity index (χ4v) is 7.50. The Bertz CT molecular complexity index is 1460. The Hall–Kier alpha value is -2.94. The molecule has 0 spiro atoms. The van der Waals surface area contributed by atoms with Crippen molar-refractivity contribution in [1.29, 1.82) is 0 Å². The second-order valence-corrected chi connectivity index (χ2v) is 11.2. The van der Waals surface area contributed by atoms with Crippen molar-refractivity contribution in [3.63, 3.8) is 0 Å². The molecule has 0 radical (unpaired) electrons. The van der Waals surface area contributed by atoms with Gasteiger partial charge in [0.05, 0.1) is 0 Å².